The van der Waals surface area contributed by atoms with E-state index in [9.17, 15) is 9.90 Å². The number of carbonyl (C=O) groups excluding carboxylic acids is 1. The summed E-state index contributed by atoms with van der Waals surface area (Å²) >= 11 is 11.8. The molecular weight excluding hydrogens is 323 g/mol. The standard InChI is InChI=1S/C16H20Cl2N2O2/c17-16(18)7-14(16)15(22)19-8-12-6-13(21)10-20(12)9-11-4-2-1-3-5-11/h1-5,12-14,21H,6-10H2,(H,19,22)/t12-,13+,14-/m0/s1. The molecule has 2 aliphatic rings. The highest BCUT2D eigenvalue weighted by Gasteiger charge is 2.56. The van der Waals surface area contributed by atoms with Crippen LogP contribution in [-0.4, -0.2) is 45.5 Å². The first kappa shape index (κ1) is 16.1. The molecule has 4 nitrogen and oxygen atoms in total. The molecule has 1 saturated carbocycles. The molecule has 1 aliphatic heterocycles. The van der Waals surface area contributed by atoms with E-state index >= 15 is 0 Å². The number of likely N-dealkylation sites (tertiary alicyclic amines) is 1. The maximum Gasteiger partial charge on any atom is 0.226 e. The summed E-state index contributed by atoms with van der Waals surface area (Å²) in [6, 6.07) is 10.3. The molecule has 1 heterocycles. The molecule has 6 heteroatoms. The Morgan fingerprint density at radius 3 is 2.68 bits per heavy atom. The quantitative estimate of drug-likeness (QED) is 0.804. The van der Waals surface area contributed by atoms with Gasteiger partial charge >= 0.3 is 0 Å². The number of alkyl halides is 2. The van der Waals surface area contributed by atoms with Gasteiger partial charge in [-0.15, -0.1) is 23.2 Å². The summed E-state index contributed by atoms with van der Waals surface area (Å²) in [7, 11) is 0. The molecule has 2 fully saturated rings. The van der Waals surface area contributed by atoms with Crippen molar-refractivity contribution in [3.63, 3.8) is 0 Å². The normalized spacial score (nSPS) is 30.2. The predicted octanol–water partition coefficient (Wildman–Crippen LogP) is 1.93. The molecule has 3 rings (SSSR count). The average Bonchev–Trinajstić information content (AvgIpc) is 2.98. The van der Waals surface area contributed by atoms with Gasteiger partial charge < -0.3 is 10.4 Å². The van der Waals surface area contributed by atoms with E-state index in [1.807, 2.05) is 18.2 Å². The van der Waals surface area contributed by atoms with E-state index in [4.69, 9.17) is 23.2 Å². The predicted molar refractivity (Wildman–Crippen MR) is 86.8 cm³/mol. The van der Waals surface area contributed by atoms with Crippen molar-refractivity contribution in [2.75, 3.05) is 13.1 Å². The molecule has 2 N–H and O–H groups in total. The Labute approximate surface area is 140 Å². The number of carbonyl (C=O) groups is 1. The highest BCUT2D eigenvalue weighted by atomic mass is 35.5. The lowest BCUT2D eigenvalue weighted by Gasteiger charge is -2.24. The van der Waals surface area contributed by atoms with Gasteiger partial charge in [-0.3, -0.25) is 9.69 Å². The number of hydrogen-bond donors (Lipinski definition) is 2. The van der Waals surface area contributed by atoms with Crippen LogP contribution in [0.4, 0.5) is 0 Å². The summed E-state index contributed by atoms with van der Waals surface area (Å²) in [5.74, 6) is -0.393. The van der Waals surface area contributed by atoms with Gasteiger partial charge in [0, 0.05) is 25.7 Å². The molecule has 120 valence electrons. The van der Waals surface area contributed by atoms with E-state index in [1.165, 1.54) is 5.56 Å². The Bertz CT molecular complexity index is 538. The largest absolute Gasteiger partial charge is 0.392 e. The van der Waals surface area contributed by atoms with Crippen LogP contribution in [0.1, 0.15) is 18.4 Å². The van der Waals surface area contributed by atoms with Gasteiger partial charge in [0.15, 0.2) is 0 Å². The maximum absolute atomic E-state index is 12.0. The fraction of sp³-hybridized carbons (Fsp3) is 0.562. The molecule has 0 unspecified atom stereocenters. The van der Waals surface area contributed by atoms with E-state index < -0.39 is 4.33 Å². The minimum absolute atomic E-state index is 0.0916. The SMILES string of the molecule is O=C(NC[C@@H]1C[C@@H](O)CN1Cc1ccccc1)[C@@H]1CC1(Cl)Cl. The zero-order valence-corrected chi connectivity index (χ0v) is 13.7. The number of benzene rings is 1. The van der Waals surface area contributed by atoms with Gasteiger partial charge in [0.05, 0.1) is 12.0 Å². The van der Waals surface area contributed by atoms with Gasteiger partial charge in [-0.25, -0.2) is 0 Å². The first-order chi connectivity index (χ1) is 10.5. The Hall–Kier alpha value is -0.810. The number of hydrogen-bond acceptors (Lipinski definition) is 3. The van der Waals surface area contributed by atoms with Gasteiger partial charge in [-0.2, -0.15) is 0 Å². The summed E-state index contributed by atoms with van der Waals surface area (Å²) in [4.78, 5) is 14.2. The van der Waals surface area contributed by atoms with Crippen molar-refractivity contribution in [3.05, 3.63) is 35.9 Å². The summed E-state index contributed by atoms with van der Waals surface area (Å²) in [5, 5.41) is 12.8. The second kappa shape index (κ2) is 6.36. The fourth-order valence-corrected chi connectivity index (χ4v) is 3.53. The summed E-state index contributed by atoms with van der Waals surface area (Å²) in [5.41, 5.74) is 1.20. The highest BCUT2D eigenvalue weighted by Crippen LogP contribution is 2.53. The minimum atomic E-state index is -0.886. The Morgan fingerprint density at radius 2 is 2.05 bits per heavy atom. The number of rotatable bonds is 5. The molecule has 1 saturated heterocycles. The molecule has 1 aromatic rings. The van der Waals surface area contributed by atoms with Crippen LogP contribution in [-0.2, 0) is 11.3 Å². The van der Waals surface area contributed by atoms with Crippen LogP contribution in [0.5, 0.6) is 0 Å². The Balaban J connectivity index is 1.54. The van der Waals surface area contributed by atoms with Gasteiger partial charge in [-0.05, 0) is 18.4 Å². The van der Waals surface area contributed by atoms with E-state index in [-0.39, 0.29) is 24.0 Å². The number of aliphatic hydroxyl groups is 1. The van der Waals surface area contributed by atoms with Crippen molar-refractivity contribution in [1.82, 2.24) is 10.2 Å². The van der Waals surface area contributed by atoms with Gasteiger partial charge in [0.1, 0.15) is 4.33 Å². The lowest BCUT2D eigenvalue weighted by atomic mass is 10.1. The van der Waals surface area contributed by atoms with Crippen LogP contribution in [0.25, 0.3) is 0 Å². The first-order valence-electron chi connectivity index (χ1n) is 7.57. The molecular formula is C16H20Cl2N2O2. The minimum Gasteiger partial charge on any atom is -0.392 e. The van der Waals surface area contributed by atoms with Crippen LogP contribution in [0.3, 0.4) is 0 Å². The third-order valence-corrected chi connectivity index (χ3v) is 5.22. The third kappa shape index (κ3) is 3.74. The molecule has 1 aromatic carbocycles. The number of halogens is 2. The molecule has 1 amide bonds. The highest BCUT2D eigenvalue weighted by molar-refractivity contribution is 6.52. The smallest absolute Gasteiger partial charge is 0.226 e. The van der Waals surface area contributed by atoms with E-state index in [0.29, 0.717) is 25.9 Å². The number of β-amino-alcohol motifs (C(OH)–C–C–N with tert-alkyl or cyclic N) is 1. The van der Waals surface area contributed by atoms with Gasteiger partial charge in [0.2, 0.25) is 5.91 Å². The van der Waals surface area contributed by atoms with Crippen LogP contribution in [0, 0.1) is 5.92 Å². The summed E-state index contributed by atoms with van der Waals surface area (Å²) in [6.07, 6.45) is 0.847. The van der Waals surface area contributed by atoms with Crippen LogP contribution < -0.4 is 5.32 Å². The number of nitrogens with one attached hydrogen (secondary N) is 1. The Morgan fingerprint density at radius 1 is 1.36 bits per heavy atom. The van der Waals surface area contributed by atoms with Gasteiger partial charge in [0.25, 0.3) is 0 Å². The summed E-state index contributed by atoms with van der Waals surface area (Å²) < 4.78 is -0.886. The van der Waals surface area contributed by atoms with E-state index in [1.54, 1.807) is 0 Å². The van der Waals surface area contributed by atoms with E-state index in [2.05, 4.69) is 22.3 Å². The number of nitrogens with zero attached hydrogens (tertiary/aromatic N) is 1. The topological polar surface area (TPSA) is 52.6 Å². The summed E-state index contributed by atoms with van der Waals surface area (Å²) in [6.45, 7) is 1.92. The monoisotopic (exact) mass is 342 g/mol. The van der Waals surface area contributed by atoms with Crippen molar-refractivity contribution >= 4 is 29.1 Å². The van der Waals surface area contributed by atoms with E-state index in [0.717, 1.165) is 6.54 Å². The van der Waals surface area contributed by atoms with Crippen LogP contribution >= 0.6 is 23.2 Å². The molecule has 0 spiro atoms. The zero-order chi connectivity index (χ0) is 15.7. The van der Waals surface area contributed by atoms with Crippen molar-refractivity contribution in [2.24, 2.45) is 5.92 Å². The number of amides is 1. The molecule has 0 aromatic heterocycles. The fourth-order valence-electron chi connectivity index (χ4n) is 3.02. The first-order valence-corrected chi connectivity index (χ1v) is 8.33. The van der Waals surface area contributed by atoms with Crippen molar-refractivity contribution in [1.29, 1.82) is 0 Å². The molecule has 1 aliphatic carbocycles. The van der Waals surface area contributed by atoms with Crippen molar-refractivity contribution in [3.8, 4) is 0 Å². The average molecular weight is 343 g/mol. The molecule has 3 atom stereocenters. The molecule has 22 heavy (non-hydrogen) atoms. The zero-order valence-electron chi connectivity index (χ0n) is 12.2. The van der Waals surface area contributed by atoms with Crippen molar-refractivity contribution < 1.29 is 9.90 Å². The maximum atomic E-state index is 12.0. The number of aliphatic hydroxyl groups excluding tert-OH is 1. The van der Waals surface area contributed by atoms with Crippen molar-refractivity contribution in [2.45, 2.75) is 35.9 Å². The van der Waals surface area contributed by atoms with Crippen LogP contribution in [0.2, 0.25) is 0 Å². The molecule has 0 radical (unpaired) electrons. The second-order valence-electron chi connectivity index (χ2n) is 6.22. The Kier molecular flexibility index (Phi) is 4.64. The second-order valence-corrected chi connectivity index (χ2v) is 7.76. The molecule has 0 bridgehead atoms. The lowest BCUT2D eigenvalue weighted by molar-refractivity contribution is -0.122. The van der Waals surface area contributed by atoms with Gasteiger partial charge in [-0.1, -0.05) is 30.3 Å². The lowest BCUT2D eigenvalue weighted by Crippen LogP contribution is -2.40. The van der Waals surface area contributed by atoms with Crippen LogP contribution in [0.15, 0.2) is 30.3 Å². The third-order valence-electron chi connectivity index (χ3n) is 4.39.